The van der Waals surface area contributed by atoms with Crippen molar-refractivity contribution in [2.24, 2.45) is 4.99 Å². The summed E-state index contributed by atoms with van der Waals surface area (Å²) in [5.41, 5.74) is 0.967. The number of hydrogen-bond donors (Lipinski definition) is 2. The molecule has 0 aliphatic rings. The van der Waals surface area contributed by atoms with Crippen molar-refractivity contribution in [1.82, 2.24) is 15.5 Å². The standard InChI is InChI=1S/C16H25ClN4O2.HI/c1-12(13-7-5-6-8-14(13)17)20-16(18-9-10-23-4)19-11-15(22)21(2)3;/h5-8,12H,9-11H2,1-4H3,(H2,18,19,20);1H. The molecule has 0 aliphatic carbocycles. The Balaban J connectivity index is 0.00000529. The summed E-state index contributed by atoms with van der Waals surface area (Å²) < 4.78 is 5.02. The molecule has 0 fully saturated rings. The molecule has 6 nitrogen and oxygen atoms in total. The number of carbonyl (C=O) groups excluding carboxylic acids is 1. The molecule has 1 unspecified atom stereocenters. The van der Waals surface area contributed by atoms with E-state index in [-0.39, 0.29) is 42.5 Å². The fourth-order valence-corrected chi connectivity index (χ4v) is 2.12. The van der Waals surface area contributed by atoms with Crippen LogP contribution >= 0.6 is 35.6 Å². The smallest absolute Gasteiger partial charge is 0.243 e. The number of nitrogens with zero attached hydrogens (tertiary/aromatic N) is 2. The van der Waals surface area contributed by atoms with E-state index in [4.69, 9.17) is 16.3 Å². The van der Waals surface area contributed by atoms with Crippen molar-refractivity contribution in [2.75, 3.05) is 40.9 Å². The molecule has 0 aromatic heterocycles. The van der Waals surface area contributed by atoms with Crippen LogP contribution in [-0.2, 0) is 9.53 Å². The number of nitrogens with one attached hydrogen (secondary N) is 2. The fourth-order valence-electron chi connectivity index (χ4n) is 1.82. The summed E-state index contributed by atoms with van der Waals surface area (Å²) in [5, 5.41) is 7.08. The van der Waals surface area contributed by atoms with Crippen molar-refractivity contribution in [1.29, 1.82) is 0 Å². The van der Waals surface area contributed by atoms with Crippen molar-refractivity contribution < 1.29 is 9.53 Å². The van der Waals surface area contributed by atoms with E-state index in [1.807, 2.05) is 31.2 Å². The van der Waals surface area contributed by atoms with Gasteiger partial charge in [0.05, 0.1) is 12.6 Å². The highest BCUT2D eigenvalue weighted by molar-refractivity contribution is 14.0. The fraction of sp³-hybridized carbons (Fsp3) is 0.500. The number of rotatable bonds is 7. The van der Waals surface area contributed by atoms with Gasteiger partial charge in [-0.15, -0.1) is 24.0 Å². The van der Waals surface area contributed by atoms with E-state index in [1.165, 1.54) is 4.90 Å². The molecule has 0 saturated carbocycles. The number of ether oxygens (including phenoxy) is 1. The Bertz CT molecular complexity index is 541. The normalized spacial score (nSPS) is 12.1. The van der Waals surface area contributed by atoms with E-state index in [0.29, 0.717) is 24.1 Å². The van der Waals surface area contributed by atoms with E-state index in [9.17, 15) is 4.79 Å². The van der Waals surface area contributed by atoms with Gasteiger partial charge in [-0.05, 0) is 18.6 Å². The van der Waals surface area contributed by atoms with Crippen molar-refractivity contribution in [3.63, 3.8) is 0 Å². The summed E-state index contributed by atoms with van der Waals surface area (Å²) in [7, 11) is 5.04. The third-order valence-electron chi connectivity index (χ3n) is 3.19. The van der Waals surface area contributed by atoms with Crippen LogP contribution in [0, 0.1) is 0 Å². The third kappa shape index (κ3) is 8.16. The van der Waals surface area contributed by atoms with Crippen LogP contribution in [0.4, 0.5) is 0 Å². The molecule has 0 radical (unpaired) electrons. The van der Waals surface area contributed by atoms with Gasteiger partial charge >= 0.3 is 0 Å². The van der Waals surface area contributed by atoms with Gasteiger partial charge in [-0.25, -0.2) is 4.99 Å². The summed E-state index contributed by atoms with van der Waals surface area (Å²) >= 11 is 6.22. The monoisotopic (exact) mass is 468 g/mol. The van der Waals surface area contributed by atoms with Crippen molar-refractivity contribution in [3.05, 3.63) is 34.9 Å². The molecule has 0 spiro atoms. The van der Waals surface area contributed by atoms with Crippen LogP contribution in [0.25, 0.3) is 0 Å². The molecule has 1 aromatic carbocycles. The first-order chi connectivity index (χ1) is 11.0. The molecular formula is C16H26ClIN4O2. The Morgan fingerprint density at radius 1 is 1.38 bits per heavy atom. The molecule has 1 amide bonds. The number of methoxy groups -OCH3 is 1. The van der Waals surface area contributed by atoms with Gasteiger partial charge in [-0.1, -0.05) is 29.8 Å². The van der Waals surface area contributed by atoms with Crippen LogP contribution in [0.5, 0.6) is 0 Å². The number of amides is 1. The zero-order valence-electron chi connectivity index (χ0n) is 14.5. The maximum absolute atomic E-state index is 11.7. The van der Waals surface area contributed by atoms with Gasteiger partial charge in [0, 0.05) is 32.8 Å². The lowest BCUT2D eigenvalue weighted by molar-refractivity contribution is -0.127. The maximum Gasteiger partial charge on any atom is 0.243 e. The number of guanidine groups is 1. The first kappa shape index (κ1) is 22.9. The molecule has 24 heavy (non-hydrogen) atoms. The van der Waals surface area contributed by atoms with Gasteiger partial charge in [0.15, 0.2) is 5.96 Å². The van der Waals surface area contributed by atoms with Crippen LogP contribution in [-0.4, -0.2) is 57.7 Å². The van der Waals surface area contributed by atoms with E-state index in [1.54, 1.807) is 21.2 Å². The topological polar surface area (TPSA) is 66.0 Å². The minimum absolute atomic E-state index is 0. The maximum atomic E-state index is 11.7. The number of benzene rings is 1. The molecular weight excluding hydrogens is 443 g/mol. The molecule has 1 atom stereocenters. The molecule has 8 heteroatoms. The Morgan fingerprint density at radius 2 is 2.04 bits per heavy atom. The van der Waals surface area contributed by atoms with Crippen molar-refractivity contribution in [2.45, 2.75) is 13.0 Å². The number of carbonyl (C=O) groups is 1. The minimum atomic E-state index is -0.0664. The minimum Gasteiger partial charge on any atom is -0.383 e. The Labute approximate surface area is 166 Å². The number of likely N-dealkylation sites (N-methyl/N-ethyl adjacent to an activating group) is 1. The zero-order valence-corrected chi connectivity index (χ0v) is 17.6. The van der Waals surface area contributed by atoms with Gasteiger partial charge in [0.1, 0.15) is 6.54 Å². The molecule has 1 aromatic rings. The van der Waals surface area contributed by atoms with Crippen LogP contribution < -0.4 is 10.6 Å². The number of hydrogen-bond acceptors (Lipinski definition) is 3. The van der Waals surface area contributed by atoms with Crippen LogP contribution in [0.1, 0.15) is 18.5 Å². The summed E-state index contributed by atoms with van der Waals surface area (Å²) in [4.78, 5) is 17.5. The van der Waals surface area contributed by atoms with Gasteiger partial charge in [0.25, 0.3) is 0 Å². The predicted octanol–water partition coefficient (Wildman–Crippen LogP) is 2.29. The first-order valence-electron chi connectivity index (χ1n) is 7.44. The Kier molecular flexibility index (Phi) is 11.8. The van der Waals surface area contributed by atoms with Crippen LogP contribution in [0.3, 0.4) is 0 Å². The average molecular weight is 469 g/mol. The Hall–Kier alpha value is -1.06. The van der Waals surface area contributed by atoms with Crippen LogP contribution in [0.2, 0.25) is 5.02 Å². The summed E-state index contributed by atoms with van der Waals surface area (Å²) in [6, 6.07) is 7.58. The lowest BCUT2D eigenvalue weighted by Gasteiger charge is -2.19. The van der Waals surface area contributed by atoms with Gasteiger partial charge in [-0.3, -0.25) is 4.79 Å². The van der Waals surface area contributed by atoms with E-state index in [0.717, 1.165) is 5.56 Å². The number of halogens is 2. The molecule has 0 heterocycles. The molecule has 0 aliphatic heterocycles. The SMILES string of the molecule is COCCNC(=NCC(=O)N(C)C)NC(C)c1ccccc1Cl.I. The lowest BCUT2D eigenvalue weighted by atomic mass is 10.1. The average Bonchev–Trinajstić information content (AvgIpc) is 2.52. The number of aliphatic imine (C=N–C) groups is 1. The quantitative estimate of drug-likeness (QED) is 0.279. The highest BCUT2D eigenvalue weighted by Crippen LogP contribution is 2.21. The molecule has 0 bridgehead atoms. The molecule has 0 saturated heterocycles. The highest BCUT2D eigenvalue weighted by atomic mass is 127. The third-order valence-corrected chi connectivity index (χ3v) is 3.54. The van der Waals surface area contributed by atoms with E-state index in [2.05, 4.69) is 15.6 Å². The lowest BCUT2D eigenvalue weighted by Crippen LogP contribution is -2.41. The van der Waals surface area contributed by atoms with Gasteiger partial charge in [0.2, 0.25) is 5.91 Å². The summed E-state index contributed by atoms with van der Waals surface area (Å²) in [6.07, 6.45) is 0. The molecule has 2 N–H and O–H groups in total. The highest BCUT2D eigenvalue weighted by Gasteiger charge is 2.11. The van der Waals surface area contributed by atoms with Crippen molar-refractivity contribution in [3.8, 4) is 0 Å². The zero-order chi connectivity index (χ0) is 17.2. The summed E-state index contributed by atoms with van der Waals surface area (Å²) in [6.45, 7) is 3.20. The van der Waals surface area contributed by atoms with Crippen LogP contribution in [0.15, 0.2) is 29.3 Å². The summed E-state index contributed by atoms with van der Waals surface area (Å²) in [5.74, 6) is 0.480. The Morgan fingerprint density at radius 3 is 2.62 bits per heavy atom. The second-order valence-corrected chi connectivity index (χ2v) is 5.67. The first-order valence-corrected chi connectivity index (χ1v) is 7.82. The second-order valence-electron chi connectivity index (χ2n) is 5.26. The van der Waals surface area contributed by atoms with E-state index < -0.39 is 0 Å². The molecule has 1 rings (SSSR count). The van der Waals surface area contributed by atoms with Crippen molar-refractivity contribution >= 4 is 47.4 Å². The van der Waals surface area contributed by atoms with Gasteiger partial charge in [-0.2, -0.15) is 0 Å². The second kappa shape index (κ2) is 12.3. The predicted molar refractivity (Wildman–Crippen MR) is 109 cm³/mol. The molecule has 136 valence electrons. The van der Waals surface area contributed by atoms with E-state index >= 15 is 0 Å². The van der Waals surface area contributed by atoms with Gasteiger partial charge < -0.3 is 20.3 Å². The largest absolute Gasteiger partial charge is 0.383 e.